The number of carbonyl (C=O) groups is 3. The molecule has 4 rings (SSSR count). The zero-order valence-corrected chi connectivity index (χ0v) is 19.8. The predicted octanol–water partition coefficient (Wildman–Crippen LogP) is 4.19. The highest BCUT2D eigenvalue weighted by atomic mass is 19.1. The molecule has 0 unspecified atom stereocenters. The number of hydrogen-bond donors (Lipinski definition) is 3. The molecule has 2 amide bonds. The summed E-state index contributed by atoms with van der Waals surface area (Å²) >= 11 is 0. The number of aryl methyl sites for hydroxylation is 1. The molecule has 186 valence electrons. The Hall–Kier alpha value is -3.42. The summed E-state index contributed by atoms with van der Waals surface area (Å²) in [6.07, 6.45) is 4.70. The van der Waals surface area contributed by atoms with E-state index in [1.165, 1.54) is 12.1 Å². The van der Waals surface area contributed by atoms with Gasteiger partial charge in [-0.15, -0.1) is 0 Å². The Morgan fingerprint density at radius 1 is 0.914 bits per heavy atom. The highest BCUT2D eigenvalue weighted by Gasteiger charge is 2.27. The van der Waals surface area contributed by atoms with Crippen molar-refractivity contribution in [2.45, 2.75) is 57.5 Å². The maximum atomic E-state index is 14.3. The molecule has 3 N–H and O–H groups in total. The molecule has 2 fully saturated rings. The van der Waals surface area contributed by atoms with Gasteiger partial charge in [0.2, 0.25) is 0 Å². The van der Waals surface area contributed by atoms with Crippen LogP contribution in [-0.4, -0.2) is 42.1 Å². The van der Waals surface area contributed by atoms with Crippen LogP contribution in [0.1, 0.15) is 76.3 Å². The van der Waals surface area contributed by atoms with Gasteiger partial charge in [-0.05, 0) is 92.8 Å². The zero-order valence-electron chi connectivity index (χ0n) is 19.8. The average molecular weight is 483 g/mol. The minimum Gasteiger partial charge on any atom is -0.490 e. The molecule has 7 nitrogen and oxygen atoms in total. The summed E-state index contributed by atoms with van der Waals surface area (Å²) in [6.45, 7) is 2.20. The maximum Gasteiger partial charge on any atom is 0.306 e. The van der Waals surface area contributed by atoms with Gasteiger partial charge in [0.15, 0.2) is 0 Å². The molecule has 35 heavy (non-hydrogen) atoms. The van der Waals surface area contributed by atoms with Crippen molar-refractivity contribution in [3.63, 3.8) is 0 Å². The van der Waals surface area contributed by atoms with Crippen LogP contribution in [0.5, 0.6) is 5.75 Å². The first-order chi connectivity index (χ1) is 16.8. The maximum absolute atomic E-state index is 14.3. The number of carbonyl (C=O) groups excluding carboxylic acids is 2. The standard InChI is InChI=1S/C27H31FN2O5/c1-16-14-21(35-20-7-4-18(5-8-20)27(33)34)9-11-22(16)25(31)29-12-13-30-26(32)23-10-6-19(15-24(23)28)17-2-3-17/h6,9-11,14-15,17-18,20H,2-5,7-8,12-13H2,1H3,(H,29,31)(H,30,32)(H,33,34). The van der Waals surface area contributed by atoms with Gasteiger partial charge in [0.05, 0.1) is 17.6 Å². The second-order valence-electron chi connectivity index (χ2n) is 9.43. The van der Waals surface area contributed by atoms with E-state index in [4.69, 9.17) is 9.84 Å². The van der Waals surface area contributed by atoms with E-state index < -0.39 is 17.7 Å². The normalized spacial score (nSPS) is 19.6. The van der Waals surface area contributed by atoms with Gasteiger partial charge in [0.25, 0.3) is 11.8 Å². The van der Waals surface area contributed by atoms with E-state index in [0.717, 1.165) is 24.0 Å². The number of hydrogen-bond acceptors (Lipinski definition) is 4. The van der Waals surface area contributed by atoms with E-state index in [0.29, 0.717) is 42.9 Å². The molecule has 2 aliphatic carbocycles. The van der Waals surface area contributed by atoms with Gasteiger partial charge in [-0.1, -0.05) is 6.07 Å². The number of halogens is 1. The van der Waals surface area contributed by atoms with E-state index in [1.54, 1.807) is 24.3 Å². The first-order valence-electron chi connectivity index (χ1n) is 12.2. The Bertz CT molecular complexity index is 1110. The molecule has 8 heteroatoms. The lowest BCUT2D eigenvalue weighted by atomic mass is 9.87. The number of aliphatic carboxylic acids is 1. The van der Waals surface area contributed by atoms with E-state index in [9.17, 15) is 18.8 Å². The van der Waals surface area contributed by atoms with Crippen molar-refractivity contribution >= 4 is 17.8 Å². The third-order valence-electron chi connectivity index (χ3n) is 6.75. The predicted molar refractivity (Wildman–Crippen MR) is 128 cm³/mol. The molecule has 2 saturated carbocycles. The van der Waals surface area contributed by atoms with Gasteiger partial charge in [0.1, 0.15) is 11.6 Å². The Balaban J connectivity index is 1.22. The Labute approximate surface area is 204 Å². The van der Waals surface area contributed by atoms with Crippen LogP contribution in [0.3, 0.4) is 0 Å². The number of carboxylic acid groups (broad SMARTS) is 1. The summed E-state index contributed by atoms with van der Waals surface area (Å²) in [5, 5.41) is 14.5. The molecular weight excluding hydrogens is 451 g/mol. The van der Waals surface area contributed by atoms with Crippen molar-refractivity contribution in [3.8, 4) is 5.75 Å². The van der Waals surface area contributed by atoms with Crippen LogP contribution >= 0.6 is 0 Å². The molecule has 2 aromatic carbocycles. The lowest BCUT2D eigenvalue weighted by Gasteiger charge is -2.27. The van der Waals surface area contributed by atoms with Gasteiger partial charge in [-0.3, -0.25) is 14.4 Å². The monoisotopic (exact) mass is 482 g/mol. The highest BCUT2D eigenvalue weighted by Crippen LogP contribution is 2.40. The molecule has 0 spiro atoms. The van der Waals surface area contributed by atoms with Crippen LogP contribution in [0.25, 0.3) is 0 Å². The van der Waals surface area contributed by atoms with Crippen molar-refractivity contribution in [2.24, 2.45) is 5.92 Å². The molecule has 2 aliphatic rings. The number of rotatable bonds is 9. The third kappa shape index (κ3) is 6.38. The van der Waals surface area contributed by atoms with E-state index in [2.05, 4.69) is 10.6 Å². The van der Waals surface area contributed by atoms with Crippen LogP contribution in [0.15, 0.2) is 36.4 Å². The van der Waals surface area contributed by atoms with Crippen molar-refractivity contribution < 1.29 is 28.6 Å². The van der Waals surface area contributed by atoms with Crippen LogP contribution in [0.2, 0.25) is 0 Å². The van der Waals surface area contributed by atoms with Gasteiger partial charge in [0, 0.05) is 18.7 Å². The minimum atomic E-state index is -0.746. The summed E-state index contributed by atoms with van der Waals surface area (Å²) in [4.78, 5) is 35.9. The largest absolute Gasteiger partial charge is 0.490 e. The van der Waals surface area contributed by atoms with Crippen molar-refractivity contribution in [3.05, 3.63) is 64.5 Å². The minimum absolute atomic E-state index is 0.00334. The molecule has 0 saturated heterocycles. The molecule has 0 aliphatic heterocycles. The summed E-state index contributed by atoms with van der Waals surface area (Å²) in [7, 11) is 0. The van der Waals surface area contributed by atoms with Gasteiger partial charge < -0.3 is 20.5 Å². The third-order valence-corrected chi connectivity index (χ3v) is 6.75. The van der Waals surface area contributed by atoms with Crippen molar-refractivity contribution in [1.82, 2.24) is 10.6 Å². The first-order valence-corrected chi connectivity index (χ1v) is 12.2. The number of benzene rings is 2. The quantitative estimate of drug-likeness (QED) is 0.465. The van der Waals surface area contributed by atoms with Crippen molar-refractivity contribution in [1.29, 1.82) is 0 Å². The Morgan fingerprint density at radius 3 is 2.11 bits per heavy atom. The fraction of sp³-hybridized carbons (Fsp3) is 0.444. The van der Waals surface area contributed by atoms with Gasteiger partial charge in [-0.2, -0.15) is 0 Å². The van der Waals surface area contributed by atoms with E-state index in [-0.39, 0.29) is 36.6 Å². The Morgan fingerprint density at radius 2 is 1.54 bits per heavy atom. The van der Waals surface area contributed by atoms with Gasteiger partial charge in [-0.25, -0.2) is 4.39 Å². The number of nitrogens with one attached hydrogen (secondary N) is 2. The smallest absolute Gasteiger partial charge is 0.306 e. The fourth-order valence-electron chi connectivity index (χ4n) is 4.51. The topological polar surface area (TPSA) is 105 Å². The van der Waals surface area contributed by atoms with Crippen LogP contribution in [-0.2, 0) is 4.79 Å². The van der Waals surface area contributed by atoms with Gasteiger partial charge >= 0.3 is 5.97 Å². The molecule has 0 atom stereocenters. The summed E-state index contributed by atoms with van der Waals surface area (Å²) in [6, 6.07) is 9.98. The molecule has 0 heterocycles. The second kappa shape index (κ2) is 10.9. The molecule has 0 bridgehead atoms. The van der Waals surface area contributed by atoms with Crippen molar-refractivity contribution in [2.75, 3.05) is 13.1 Å². The summed E-state index contributed by atoms with van der Waals surface area (Å²) in [5.41, 5.74) is 2.19. The van der Waals surface area contributed by atoms with E-state index in [1.807, 2.05) is 6.92 Å². The van der Waals surface area contributed by atoms with Crippen LogP contribution < -0.4 is 15.4 Å². The lowest BCUT2D eigenvalue weighted by molar-refractivity contribution is -0.143. The first kappa shape index (κ1) is 24.7. The number of ether oxygens (including phenoxy) is 1. The Kier molecular flexibility index (Phi) is 7.68. The second-order valence-corrected chi connectivity index (χ2v) is 9.43. The molecule has 2 aromatic rings. The van der Waals surface area contributed by atoms with E-state index >= 15 is 0 Å². The fourth-order valence-corrected chi connectivity index (χ4v) is 4.51. The molecule has 0 aromatic heterocycles. The number of amides is 2. The molecule has 0 radical (unpaired) electrons. The molecular formula is C27H31FN2O5. The highest BCUT2D eigenvalue weighted by molar-refractivity contribution is 5.96. The number of carboxylic acids is 1. The van der Waals surface area contributed by atoms with Crippen LogP contribution in [0, 0.1) is 18.7 Å². The van der Waals surface area contributed by atoms with Crippen LogP contribution in [0.4, 0.5) is 4.39 Å². The summed E-state index contributed by atoms with van der Waals surface area (Å²) < 4.78 is 20.3. The average Bonchev–Trinajstić information content (AvgIpc) is 3.67. The lowest BCUT2D eigenvalue weighted by Crippen LogP contribution is -2.35. The summed E-state index contributed by atoms with van der Waals surface area (Å²) in [5.74, 6) is -1.27. The SMILES string of the molecule is Cc1cc(OC2CCC(C(=O)O)CC2)ccc1C(=O)NCCNC(=O)c1ccc(C2CC2)cc1F. The zero-order chi connectivity index (χ0) is 24.9.